The summed E-state index contributed by atoms with van der Waals surface area (Å²) in [5.74, 6) is 0.141. The van der Waals surface area contributed by atoms with Gasteiger partial charge >= 0.3 is 0 Å². The first-order chi connectivity index (χ1) is 12.5. The Hall–Kier alpha value is -2.34. The molecule has 0 fully saturated rings. The maximum absolute atomic E-state index is 12.1. The van der Waals surface area contributed by atoms with Crippen molar-refractivity contribution < 1.29 is 4.79 Å². The number of nitrogens with two attached hydrogens (primary N) is 1. The molecule has 1 aromatic carbocycles. The van der Waals surface area contributed by atoms with Crippen LogP contribution in [0, 0.1) is 5.92 Å². The lowest BCUT2D eigenvalue weighted by Crippen LogP contribution is -2.41. The number of aromatic nitrogens is 2. The third kappa shape index (κ3) is 3.09. The van der Waals surface area contributed by atoms with Crippen molar-refractivity contribution in [3.63, 3.8) is 0 Å². The number of rotatable bonds is 4. The smallest absolute Gasteiger partial charge is 0.222 e. The fourth-order valence-corrected chi connectivity index (χ4v) is 4.41. The van der Waals surface area contributed by atoms with Crippen LogP contribution in [0.5, 0.6) is 0 Å². The van der Waals surface area contributed by atoms with Crippen LogP contribution in [0.1, 0.15) is 36.5 Å². The molecule has 6 heteroatoms. The highest BCUT2D eigenvalue weighted by molar-refractivity contribution is 7.09. The first kappa shape index (κ1) is 17.1. The Labute approximate surface area is 157 Å². The highest BCUT2D eigenvalue weighted by Crippen LogP contribution is 2.34. The number of nitrogens with zero attached hydrogens (tertiary/aromatic N) is 2. The Morgan fingerprint density at radius 2 is 2.31 bits per heavy atom. The van der Waals surface area contributed by atoms with Crippen molar-refractivity contribution in [1.29, 1.82) is 0 Å². The van der Waals surface area contributed by atoms with Gasteiger partial charge in [-0.15, -0.1) is 11.3 Å². The number of nitrogen functional groups attached to an aromatic ring is 1. The molecular weight excluding hydrogens is 344 g/mol. The average Bonchev–Trinajstić information content (AvgIpc) is 3.22. The van der Waals surface area contributed by atoms with Crippen molar-refractivity contribution in [2.24, 2.45) is 5.92 Å². The van der Waals surface area contributed by atoms with Gasteiger partial charge in [0.2, 0.25) is 5.91 Å². The summed E-state index contributed by atoms with van der Waals surface area (Å²) in [7, 11) is 0. The second-order valence-electron chi connectivity index (χ2n) is 7.32. The van der Waals surface area contributed by atoms with Gasteiger partial charge in [0.15, 0.2) is 0 Å². The van der Waals surface area contributed by atoms with Crippen LogP contribution < -0.4 is 11.1 Å². The molecule has 0 radical (unpaired) electrons. The lowest BCUT2D eigenvalue weighted by molar-refractivity contribution is -0.124. The number of fused-ring (bicyclic) bond motifs is 3. The molecule has 26 heavy (non-hydrogen) atoms. The Morgan fingerprint density at radius 3 is 3.04 bits per heavy atom. The first-order valence-electron chi connectivity index (χ1n) is 9.11. The van der Waals surface area contributed by atoms with Gasteiger partial charge in [-0.2, -0.15) is 0 Å². The van der Waals surface area contributed by atoms with E-state index in [4.69, 9.17) is 5.73 Å². The lowest BCUT2D eigenvalue weighted by atomic mass is 9.91. The molecule has 2 heterocycles. The van der Waals surface area contributed by atoms with Crippen molar-refractivity contribution in [2.75, 3.05) is 5.73 Å². The van der Waals surface area contributed by atoms with Crippen LogP contribution >= 0.6 is 11.3 Å². The van der Waals surface area contributed by atoms with Gasteiger partial charge in [0, 0.05) is 45.8 Å². The Bertz CT molecular complexity index is 943. The van der Waals surface area contributed by atoms with E-state index in [1.807, 2.05) is 31.5 Å². The van der Waals surface area contributed by atoms with Crippen LogP contribution in [0.25, 0.3) is 10.9 Å². The predicted octanol–water partition coefficient (Wildman–Crippen LogP) is 3.36. The topological polar surface area (TPSA) is 72.9 Å². The maximum Gasteiger partial charge on any atom is 0.222 e. The maximum atomic E-state index is 12.1. The van der Waals surface area contributed by atoms with Crippen LogP contribution in [0.3, 0.4) is 0 Å². The largest absolute Gasteiger partial charge is 0.399 e. The third-order valence-electron chi connectivity index (χ3n) is 5.14. The van der Waals surface area contributed by atoms with E-state index < -0.39 is 0 Å². The molecule has 0 saturated heterocycles. The lowest BCUT2D eigenvalue weighted by Gasteiger charge is -2.25. The van der Waals surface area contributed by atoms with Crippen molar-refractivity contribution >= 4 is 33.8 Å². The SMILES string of the molecule is CC(C)C(=O)NC1CCc2c(c3cc(N)ccc3n2Cc2nccs2)C1. The summed E-state index contributed by atoms with van der Waals surface area (Å²) in [5, 5.41) is 7.54. The van der Waals surface area contributed by atoms with Gasteiger partial charge in [-0.3, -0.25) is 4.79 Å². The number of anilines is 1. The zero-order chi connectivity index (χ0) is 18.3. The zero-order valence-electron chi connectivity index (χ0n) is 15.2. The van der Waals surface area contributed by atoms with Crippen LogP contribution in [0.4, 0.5) is 5.69 Å². The molecule has 3 N–H and O–H groups in total. The van der Waals surface area contributed by atoms with E-state index >= 15 is 0 Å². The second-order valence-corrected chi connectivity index (χ2v) is 8.30. The van der Waals surface area contributed by atoms with Crippen LogP contribution in [0.15, 0.2) is 29.8 Å². The van der Waals surface area contributed by atoms with Gasteiger partial charge in [0.1, 0.15) is 5.01 Å². The number of nitrogens with one attached hydrogen (secondary N) is 1. The van der Waals surface area contributed by atoms with Gasteiger partial charge in [-0.1, -0.05) is 13.8 Å². The molecule has 1 aliphatic carbocycles. The standard InChI is InChI=1S/C20H24N4OS/c1-12(2)20(25)23-14-4-6-18-16(10-14)15-9-13(21)3-5-17(15)24(18)11-19-22-7-8-26-19/h3,5,7-9,12,14H,4,6,10-11,21H2,1-2H3,(H,23,25). The van der Waals surface area contributed by atoms with E-state index in [0.29, 0.717) is 0 Å². The molecule has 3 aromatic rings. The van der Waals surface area contributed by atoms with Crippen LogP contribution in [-0.4, -0.2) is 21.5 Å². The minimum absolute atomic E-state index is 0.0123. The molecule has 1 aliphatic rings. The van der Waals surface area contributed by atoms with E-state index in [1.165, 1.54) is 22.2 Å². The summed E-state index contributed by atoms with van der Waals surface area (Å²) in [6.45, 7) is 4.66. The van der Waals surface area contributed by atoms with Crippen LogP contribution in [-0.2, 0) is 24.2 Å². The van der Waals surface area contributed by atoms with E-state index in [9.17, 15) is 4.79 Å². The number of amides is 1. The number of thiazole rings is 1. The summed E-state index contributed by atoms with van der Waals surface area (Å²) < 4.78 is 2.38. The molecule has 2 aromatic heterocycles. The van der Waals surface area contributed by atoms with Crippen molar-refractivity contribution in [2.45, 2.75) is 45.7 Å². The number of carbonyl (C=O) groups is 1. The summed E-state index contributed by atoms with van der Waals surface area (Å²) >= 11 is 1.68. The molecular formula is C20H24N4OS. The summed E-state index contributed by atoms with van der Waals surface area (Å²) in [4.78, 5) is 16.6. The van der Waals surface area contributed by atoms with E-state index in [2.05, 4.69) is 27.0 Å². The van der Waals surface area contributed by atoms with Gasteiger partial charge in [-0.25, -0.2) is 4.98 Å². The molecule has 0 bridgehead atoms. The van der Waals surface area contributed by atoms with E-state index in [-0.39, 0.29) is 17.9 Å². The molecule has 4 rings (SSSR count). The molecule has 136 valence electrons. The van der Waals surface area contributed by atoms with E-state index in [1.54, 1.807) is 11.3 Å². The van der Waals surface area contributed by atoms with Crippen molar-refractivity contribution in [3.05, 3.63) is 46.0 Å². The molecule has 1 amide bonds. The summed E-state index contributed by atoms with van der Waals surface area (Å²) in [5.41, 5.74) is 10.7. The monoisotopic (exact) mass is 368 g/mol. The van der Waals surface area contributed by atoms with Crippen molar-refractivity contribution in [1.82, 2.24) is 14.9 Å². The molecule has 0 aliphatic heterocycles. The first-order valence-corrected chi connectivity index (χ1v) is 9.99. The Morgan fingerprint density at radius 1 is 1.46 bits per heavy atom. The fraction of sp³-hybridized carbons (Fsp3) is 0.400. The number of hydrogen-bond donors (Lipinski definition) is 2. The van der Waals surface area contributed by atoms with Gasteiger partial charge in [-0.05, 0) is 43.0 Å². The molecule has 1 atom stereocenters. The third-order valence-corrected chi connectivity index (χ3v) is 5.90. The highest BCUT2D eigenvalue weighted by Gasteiger charge is 2.27. The number of hydrogen-bond acceptors (Lipinski definition) is 4. The molecule has 5 nitrogen and oxygen atoms in total. The minimum Gasteiger partial charge on any atom is -0.399 e. The van der Waals surface area contributed by atoms with Crippen LogP contribution in [0.2, 0.25) is 0 Å². The number of carbonyl (C=O) groups excluding carboxylic acids is 1. The fourth-order valence-electron chi connectivity index (χ4n) is 3.81. The molecule has 1 unspecified atom stereocenters. The Balaban J connectivity index is 1.73. The zero-order valence-corrected chi connectivity index (χ0v) is 16.0. The average molecular weight is 369 g/mol. The molecule has 0 saturated carbocycles. The normalized spacial score (nSPS) is 16.8. The summed E-state index contributed by atoms with van der Waals surface area (Å²) in [6.07, 6.45) is 4.64. The Kier molecular flexibility index (Phi) is 4.44. The molecule has 0 spiro atoms. The summed E-state index contributed by atoms with van der Waals surface area (Å²) in [6, 6.07) is 6.33. The van der Waals surface area contributed by atoms with Crippen molar-refractivity contribution in [3.8, 4) is 0 Å². The van der Waals surface area contributed by atoms with E-state index in [0.717, 1.165) is 36.5 Å². The number of benzene rings is 1. The van der Waals surface area contributed by atoms with Gasteiger partial charge < -0.3 is 15.6 Å². The van der Waals surface area contributed by atoms with Gasteiger partial charge in [0.05, 0.1) is 6.54 Å². The van der Waals surface area contributed by atoms with Gasteiger partial charge in [0.25, 0.3) is 0 Å². The minimum atomic E-state index is 0.0123. The predicted molar refractivity (Wildman–Crippen MR) is 106 cm³/mol. The quantitative estimate of drug-likeness (QED) is 0.694. The highest BCUT2D eigenvalue weighted by atomic mass is 32.1. The second kappa shape index (κ2) is 6.76.